The van der Waals surface area contributed by atoms with Gasteiger partial charge in [-0.2, -0.15) is 0 Å². The first kappa shape index (κ1) is 35.6. The number of rotatable bonds is 7. The molecule has 12 rings (SSSR count). The molecule has 0 N–H and O–H groups in total. The molecule has 0 atom stereocenters. The normalized spacial score (nSPS) is 11.5. The number of nitrogens with zero attached hydrogens (tertiary/aromatic N) is 4. The lowest BCUT2D eigenvalue weighted by Gasteiger charge is -2.13. The SMILES string of the molecule is c1ccc(-c2cc(-c3cccc(-n4c5ccccc5c5ccc(-c6ccc(-c7ccc8c9ccccc9n(-c9ccccc9)c8c7)cc6)cc54)c3)nc(-c3ccccc3)n2)cc1. The molecule has 0 radical (unpaired) electrons. The van der Waals surface area contributed by atoms with Crippen molar-refractivity contribution in [1.82, 2.24) is 19.1 Å². The van der Waals surface area contributed by atoms with Gasteiger partial charge in [0.05, 0.1) is 33.5 Å². The van der Waals surface area contributed by atoms with Crippen molar-refractivity contribution in [3.63, 3.8) is 0 Å². The maximum absolute atomic E-state index is 5.15. The summed E-state index contributed by atoms with van der Waals surface area (Å²) in [7, 11) is 0. The Kier molecular flexibility index (Phi) is 8.46. The lowest BCUT2D eigenvalue weighted by molar-refractivity contribution is 1.16. The van der Waals surface area contributed by atoms with Gasteiger partial charge in [-0.1, -0.05) is 176 Å². The smallest absolute Gasteiger partial charge is 0.160 e. The van der Waals surface area contributed by atoms with E-state index in [1.807, 2.05) is 24.3 Å². The van der Waals surface area contributed by atoms with Crippen LogP contribution < -0.4 is 0 Å². The molecule has 9 aromatic carbocycles. The van der Waals surface area contributed by atoms with E-state index in [2.05, 4.69) is 215 Å². The number of aromatic nitrogens is 4. The minimum Gasteiger partial charge on any atom is -0.309 e. The molecule has 62 heavy (non-hydrogen) atoms. The molecular weight excluding hydrogens is 753 g/mol. The van der Waals surface area contributed by atoms with Crippen LogP contribution in [0.2, 0.25) is 0 Å². The maximum atomic E-state index is 5.15. The predicted octanol–water partition coefficient (Wildman–Crippen LogP) is 15.0. The summed E-state index contributed by atoms with van der Waals surface area (Å²) in [6, 6.07) is 82.2. The molecule has 0 amide bonds. The Bertz CT molecular complexity index is 3550. The van der Waals surface area contributed by atoms with Crippen LogP contribution in [0.1, 0.15) is 0 Å². The van der Waals surface area contributed by atoms with Gasteiger partial charge in [-0.15, -0.1) is 0 Å². The zero-order chi connectivity index (χ0) is 41.0. The first-order valence-corrected chi connectivity index (χ1v) is 21.1. The molecule has 4 nitrogen and oxygen atoms in total. The van der Waals surface area contributed by atoms with E-state index in [0.29, 0.717) is 5.82 Å². The molecule has 0 unspecified atom stereocenters. The van der Waals surface area contributed by atoms with Crippen molar-refractivity contribution in [2.45, 2.75) is 0 Å². The summed E-state index contributed by atoms with van der Waals surface area (Å²) in [5.41, 5.74) is 16.5. The molecule has 0 saturated heterocycles. The van der Waals surface area contributed by atoms with Gasteiger partial charge in [0.1, 0.15) is 0 Å². The minimum absolute atomic E-state index is 0.704. The highest BCUT2D eigenvalue weighted by Gasteiger charge is 2.17. The van der Waals surface area contributed by atoms with Gasteiger partial charge < -0.3 is 9.13 Å². The molecule has 0 aliphatic rings. The van der Waals surface area contributed by atoms with Crippen LogP contribution in [0, 0.1) is 0 Å². The van der Waals surface area contributed by atoms with Crippen LogP contribution in [0.4, 0.5) is 0 Å². The van der Waals surface area contributed by atoms with E-state index >= 15 is 0 Å². The van der Waals surface area contributed by atoms with Crippen molar-refractivity contribution in [1.29, 1.82) is 0 Å². The van der Waals surface area contributed by atoms with E-state index in [0.717, 1.165) is 50.5 Å². The van der Waals surface area contributed by atoms with Gasteiger partial charge in [-0.05, 0) is 76.9 Å². The zero-order valence-corrected chi connectivity index (χ0v) is 33.7. The molecule has 0 bridgehead atoms. The fourth-order valence-electron chi connectivity index (χ4n) is 9.16. The summed E-state index contributed by atoms with van der Waals surface area (Å²) in [5.74, 6) is 0.704. The van der Waals surface area contributed by atoms with E-state index in [4.69, 9.17) is 9.97 Å². The average Bonchev–Trinajstić information content (AvgIpc) is 3.87. The second kappa shape index (κ2) is 14.7. The quantitative estimate of drug-likeness (QED) is 0.161. The molecule has 290 valence electrons. The summed E-state index contributed by atoms with van der Waals surface area (Å²) in [6.45, 7) is 0. The van der Waals surface area contributed by atoms with Crippen LogP contribution in [0.25, 0.3) is 111 Å². The van der Waals surface area contributed by atoms with Crippen molar-refractivity contribution in [2.24, 2.45) is 0 Å². The van der Waals surface area contributed by atoms with Gasteiger partial charge in [0.15, 0.2) is 5.82 Å². The number of hydrogen-bond donors (Lipinski definition) is 0. The summed E-state index contributed by atoms with van der Waals surface area (Å²) < 4.78 is 4.77. The third-order valence-electron chi connectivity index (χ3n) is 12.1. The Morgan fingerprint density at radius 2 is 0.661 bits per heavy atom. The van der Waals surface area contributed by atoms with Crippen molar-refractivity contribution in [2.75, 3.05) is 0 Å². The van der Waals surface area contributed by atoms with Gasteiger partial charge in [0.25, 0.3) is 0 Å². The number of hydrogen-bond acceptors (Lipinski definition) is 2. The van der Waals surface area contributed by atoms with Gasteiger partial charge >= 0.3 is 0 Å². The first-order chi connectivity index (χ1) is 30.7. The van der Waals surface area contributed by atoms with Crippen molar-refractivity contribution >= 4 is 43.6 Å². The summed E-state index contributed by atoms with van der Waals surface area (Å²) in [5, 5.41) is 4.95. The van der Waals surface area contributed by atoms with E-state index in [1.54, 1.807) is 0 Å². The fourth-order valence-corrected chi connectivity index (χ4v) is 9.16. The highest BCUT2D eigenvalue weighted by molar-refractivity contribution is 6.11. The second-order valence-corrected chi connectivity index (χ2v) is 15.8. The molecule has 0 aliphatic carbocycles. The molecule has 12 aromatic rings. The molecule has 4 heteroatoms. The Labute approximate surface area is 359 Å². The molecule has 0 aliphatic heterocycles. The monoisotopic (exact) mass is 790 g/mol. The number of para-hydroxylation sites is 3. The Morgan fingerprint density at radius 1 is 0.242 bits per heavy atom. The van der Waals surface area contributed by atoms with E-state index in [1.165, 1.54) is 54.8 Å². The van der Waals surface area contributed by atoms with Crippen LogP contribution in [0.5, 0.6) is 0 Å². The van der Waals surface area contributed by atoms with Crippen LogP contribution >= 0.6 is 0 Å². The highest BCUT2D eigenvalue weighted by atomic mass is 15.0. The number of benzene rings is 9. The first-order valence-electron chi connectivity index (χ1n) is 21.1. The zero-order valence-electron chi connectivity index (χ0n) is 33.7. The second-order valence-electron chi connectivity index (χ2n) is 15.8. The molecule has 0 spiro atoms. The highest BCUT2D eigenvalue weighted by Crippen LogP contribution is 2.38. The molecule has 0 fully saturated rings. The Hall–Kier alpha value is -8.34. The third kappa shape index (κ3) is 6.08. The standard InChI is InChI=1S/C58H38N4/c1-4-15-41(16-5-1)52-38-53(60-58(59-52)42-17-6-2-7-18-42)45-19-14-22-47(35-45)62-55-26-13-11-24-49(55)51-34-32-44(37-57(51)62)40-29-27-39(28-30-40)43-31-33-50-48-23-10-12-25-54(48)61(56(50)36-43)46-20-8-3-9-21-46/h1-38H. The fraction of sp³-hybridized carbons (Fsp3) is 0. The predicted molar refractivity (Wildman–Crippen MR) is 258 cm³/mol. The van der Waals surface area contributed by atoms with Crippen LogP contribution in [0.3, 0.4) is 0 Å². The lowest BCUT2D eigenvalue weighted by atomic mass is 9.98. The Morgan fingerprint density at radius 3 is 1.24 bits per heavy atom. The maximum Gasteiger partial charge on any atom is 0.160 e. The Balaban J connectivity index is 0.944. The minimum atomic E-state index is 0.704. The van der Waals surface area contributed by atoms with Gasteiger partial charge in [0.2, 0.25) is 0 Å². The van der Waals surface area contributed by atoms with Crippen molar-refractivity contribution in [3.8, 4) is 67.5 Å². The van der Waals surface area contributed by atoms with Crippen LogP contribution in [-0.2, 0) is 0 Å². The van der Waals surface area contributed by atoms with Crippen LogP contribution in [0.15, 0.2) is 231 Å². The average molecular weight is 791 g/mol. The van der Waals surface area contributed by atoms with E-state index in [9.17, 15) is 0 Å². The van der Waals surface area contributed by atoms with Gasteiger partial charge in [-0.25, -0.2) is 9.97 Å². The van der Waals surface area contributed by atoms with Gasteiger partial charge in [0, 0.05) is 49.6 Å². The van der Waals surface area contributed by atoms with Crippen molar-refractivity contribution < 1.29 is 0 Å². The largest absolute Gasteiger partial charge is 0.309 e. The van der Waals surface area contributed by atoms with E-state index < -0.39 is 0 Å². The molecule has 3 heterocycles. The summed E-state index contributed by atoms with van der Waals surface area (Å²) in [4.78, 5) is 10.2. The molecule has 3 aromatic heterocycles. The third-order valence-corrected chi connectivity index (χ3v) is 12.1. The van der Waals surface area contributed by atoms with Gasteiger partial charge in [-0.3, -0.25) is 0 Å². The molecular formula is C58H38N4. The van der Waals surface area contributed by atoms with Crippen molar-refractivity contribution in [3.05, 3.63) is 231 Å². The number of fused-ring (bicyclic) bond motifs is 6. The van der Waals surface area contributed by atoms with E-state index in [-0.39, 0.29) is 0 Å². The summed E-state index contributed by atoms with van der Waals surface area (Å²) >= 11 is 0. The van der Waals surface area contributed by atoms with Crippen LogP contribution in [-0.4, -0.2) is 19.1 Å². The summed E-state index contributed by atoms with van der Waals surface area (Å²) in [6.07, 6.45) is 0. The molecule has 0 saturated carbocycles. The topological polar surface area (TPSA) is 35.6 Å². The lowest BCUT2D eigenvalue weighted by Crippen LogP contribution is -1.98.